The summed E-state index contributed by atoms with van der Waals surface area (Å²) in [6.45, 7) is 1.09. The number of rotatable bonds is 4. The van der Waals surface area contributed by atoms with Crippen molar-refractivity contribution in [2.45, 2.75) is 17.9 Å². The molecule has 0 amide bonds. The molecule has 0 aliphatic heterocycles. The molecular formula is C10H10BrFO4S. The summed E-state index contributed by atoms with van der Waals surface area (Å²) in [5.74, 6) is -2.52. The van der Waals surface area contributed by atoms with Gasteiger partial charge in [-0.15, -0.1) is 0 Å². The minimum Gasteiger partial charge on any atom is -0.480 e. The summed E-state index contributed by atoms with van der Waals surface area (Å²) in [4.78, 5) is 10.6. The average Bonchev–Trinajstić information content (AvgIpc) is 2.23. The Kier molecular flexibility index (Phi) is 4.26. The Bertz CT molecular complexity index is 541. The van der Waals surface area contributed by atoms with Gasteiger partial charge in [-0.2, -0.15) is 0 Å². The van der Waals surface area contributed by atoms with Crippen molar-refractivity contribution < 1.29 is 22.7 Å². The van der Waals surface area contributed by atoms with Gasteiger partial charge in [0.05, 0.1) is 10.2 Å². The number of hydrogen-bond donors (Lipinski definition) is 1. The minimum absolute atomic E-state index is 0.0427. The first kappa shape index (κ1) is 14.1. The van der Waals surface area contributed by atoms with Crippen molar-refractivity contribution in [1.29, 1.82) is 0 Å². The molecule has 0 heterocycles. The van der Waals surface area contributed by atoms with Crippen molar-refractivity contribution in [3.05, 3.63) is 34.1 Å². The lowest BCUT2D eigenvalue weighted by Crippen LogP contribution is -2.28. The molecule has 1 N–H and O–H groups in total. The molecule has 94 valence electrons. The van der Waals surface area contributed by atoms with Crippen LogP contribution in [0.25, 0.3) is 0 Å². The molecule has 1 rings (SSSR count). The van der Waals surface area contributed by atoms with Crippen LogP contribution in [0.5, 0.6) is 0 Å². The zero-order valence-electron chi connectivity index (χ0n) is 8.85. The molecule has 7 heteroatoms. The van der Waals surface area contributed by atoms with Crippen LogP contribution < -0.4 is 0 Å². The molecule has 17 heavy (non-hydrogen) atoms. The van der Waals surface area contributed by atoms with E-state index in [9.17, 15) is 17.6 Å². The highest BCUT2D eigenvalue weighted by Crippen LogP contribution is 2.23. The van der Waals surface area contributed by atoms with Gasteiger partial charge in [0.2, 0.25) is 0 Å². The van der Waals surface area contributed by atoms with Crippen molar-refractivity contribution >= 4 is 31.7 Å². The summed E-state index contributed by atoms with van der Waals surface area (Å²) < 4.78 is 36.6. The normalized spacial score (nSPS) is 13.4. The van der Waals surface area contributed by atoms with Gasteiger partial charge in [0, 0.05) is 0 Å². The van der Waals surface area contributed by atoms with Crippen LogP contribution in [-0.2, 0) is 20.4 Å². The lowest BCUT2D eigenvalue weighted by Gasteiger charge is -2.10. The molecule has 0 aromatic heterocycles. The number of benzene rings is 1. The smallest absolute Gasteiger partial charge is 0.321 e. The van der Waals surface area contributed by atoms with Gasteiger partial charge in [-0.05, 0) is 34.5 Å². The SMILES string of the molecule is CC(C(=O)O)S(=O)(=O)Cc1cccc(F)c1Br. The molecule has 1 atom stereocenters. The van der Waals surface area contributed by atoms with E-state index in [-0.39, 0.29) is 10.0 Å². The fourth-order valence-electron chi connectivity index (χ4n) is 1.16. The van der Waals surface area contributed by atoms with Crippen molar-refractivity contribution in [3.8, 4) is 0 Å². The van der Waals surface area contributed by atoms with Crippen LogP contribution in [0.3, 0.4) is 0 Å². The molecule has 0 fully saturated rings. The largest absolute Gasteiger partial charge is 0.480 e. The molecule has 0 aliphatic rings. The van der Waals surface area contributed by atoms with E-state index in [1.807, 2.05) is 0 Å². The van der Waals surface area contributed by atoms with Gasteiger partial charge in [0.25, 0.3) is 0 Å². The second kappa shape index (κ2) is 5.14. The maximum Gasteiger partial charge on any atom is 0.321 e. The summed E-state index contributed by atoms with van der Waals surface area (Å²) in [6.07, 6.45) is 0. The third-order valence-electron chi connectivity index (χ3n) is 2.27. The molecule has 0 saturated heterocycles. The Balaban J connectivity index is 3.07. The fourth-order valence-corrected chi connectivity index (χ4v) is 2.98. The molecule has 1 aromatic carbocycles. The number of carboxylic acids is 1. The van der Waals surface area contributed by atoms with Crippen molar-refractivity contribution in [1.82, 2.24) is 0 Å². The summed E-state index contributed by atoms with van der Waals surface area (Å²) in [5.41, 5.74) is 0.207. The van der Waals surface area contributed by atoms with E-state index in [1.54, 1.807) is 0 Å². The average molecular weight is 325 g/mol. The van der Waals surface area contributed by atoms with E-state index in [4.69, 9.17) is 5.11 Å². The van der Waals surface area contributed by atoms with Gasteiger partial charge in [-0.1, -0.05) is 12.1 Å². The Hall–Kier alpha value is -0.950. The highest BCUT2D eigenvalue weighted by atomic mass is 79.9. The molecule has 1 aromatic rings. The molecule has 0 bridgehead atoms. The molecule has 4 nitrogen and oxygen atoms in total. The van der Waals surface area contributed by atoms with Crippen molar-refractivity contribution in [3.63, 3.8) is 0 Å². The van der Waals surface area contributed by atoms with Gasteiger partial charge >= 0.3 is 5.97 Å². The van der Waals surface area contributed by atoms with E-state index < -0.39 is 32.6 Å². The standard InChI is InChI=1S/C10H10BrFO4S/c1-6(10(13)14)17(15,16)5-7-3-2-4-8(12)9(7)11/h2-4,6H,5H2,1H3,(H,13,14). The minimum atomic E-state index is -3.85. The molecule has 0 spiro atoms. The number of aliphatic carboxylic acids is 1. The highest BCUT2D eigenvalue weighted by molar-refractivity contribution is 9.10. The quantitative estimate of drug-likeness (QED) is 0.919. The molecule has 0 aliphatic carbocycles. The molecule has 0 radical (unpaired) electrons. The molecular weight excluding hydrogens is 315 g/mol. The topological polar surface area (TPSA) is 71.4 Å². The third kappa shape index (κ3) is 3.26. The van der Waals surface area contributed by atoms with Crippen molar-refractivity contribution in [2.75, 3.05) is 0 Å². The Morgan fingerprint density at radius 2 is 2.12 bits per heavy atom. The van der Waals surface area contributed by atoms with Crippen LogP contribution in [0.2, 0.25) is 0 Å². The maximum atomic E-state index is 13.2. The monoisotopic (exact) mass is 324 g/mol. The highest BCUT2D eigenvalue weighted by Gasteiger charge is 2.28. The number of carbonyl (C=O) groups is 1. The molecule has 1 unspecified atom stereocenters. The first-order chi connectivity index (χ1) is 7.75. The van der Waals surface area contributed by atoms with Crippen LogP contribution in [0.15, 0.2) is 22.7 Å². The van der Waals surface area contributed by atoms with Gasteiger partial charge in [-0.25, -0.2) is 12.8 Å². The number of carboxylic acid groups (broad SMARTS) is 1. The van der Waals surface area contributed by atoms with Crippen LogP contribution in [0, 0.1) is 5.82 Å². The lowest BCUT2D eigenvalue weighted by molar-refractivity contribution is -0.136. The van der Waals surface area contributed by atoms with Crippen LogP contribution in [0.1, 0.15) is 12.5 Å². The number of hydrogen-bond acceptors (Lipinski definition) is 3. The first-order valence-corrected chi connectivity index (χ1v) is 7.14. The zero-order valence-corrected chi connectivity index (χ0v) is 11.3. The zero-order chi connectivity index (χ0) is 13.2. The fraction of sp³-hybridized carbons (Fsp3) is 0.300. The van der Waals surface area contributed by atoms with E-state index in [0.29, 0.717) is 0 Å². The van der Waals surface area contributed by atoms with Crippen LogP contribution in [0.4, 0.5) is 4.39 Å². The molecule has 0 saturated carbocycles. The van der Waals surface area contributed by atoms with Gasteiger partial charge in [-0.3, -0.25) is 4.79 Å². The summed E-state index contributed by atoms with van der Waals surface area (Å²) >= 11 is 2.93. The van der Waals surface area contributed by atoms with E-state index in [0.717, 1.165) is 6.92 Å². The Labute approximate surface area is 107 Å². The van der Waals surface area contributed by atoms with Crippen LogP contribution in [-0.4, -0.2) is 24.7 Å². The van der Waals surface area contributed by atoms with Gasteiger partial charge in [0.1, 0.15) is 5.82 Å². The summed E-state index contributed by atoms with van der Waals surface area (Å²) in [5, 5.41) is 7.14. The predicted molar refractivity (Wildman–Crippen MR) is 63.8 cm³/mol. The van der Waals surface area contributed by atoms with Crippen LogP contribution >= 0.6 is 15.9 Å². The van der Waals surface area contributed by atoms with Crippen molar-refractivity contribution in [2.24, 2.45) is 0 Å². The summed E-state index contributed by atoms with van der Waals surface area (Å²) in [6, 6.07) is 3.98. The van der Waals surface area contributed by atoms with E-state index >= 15 is 0 Å². The Morgan fingerprint density at radius 3 is 2.65 bits per heavy atom. The second-order valence-electron chi connectivity index (χ2n) is 3.50. The number of sulfone groups is 1. The van der Waals surface area contributed by atoms with Gasteiger partial charge < -0.3 is 5.11 Å². The Morgan fingerprint density at radius 1 is 1.53 bits per heavy atom. The lowest BCUT2D eigenvalue weighted by atomic mass is 10.2. The van der Waals surface area contributed by atoms with E-state index in [1.165, 1.54) is 18.2 Å². The van der Waals surface area contributed by atoms with E-state index in [2.05, 4.69) is 15.9 Å². The summed E-state index contributed by atoms with van der Waals surface area (Å²) in [7, 11) is -3.85. The number of halogens is 2. The second-order valence-corrected chi connectivity index (χ2v) is 6.62. The third-order valence-corrected chi connectivity index (χ3v) is 5.16. The maximum absolute atomic E-state index is 13.2. The first-order valence-electron chi connectivity index (χ1n) is 4.63. The predicted octanol–water partition coefficient (Wildman–Crippen LogP) is 1.98. The van der Waals surface area contributed by atoms with Gasteiger partial charge in [0.15, 0.2) is 15.1 Å².